The maximum absolute atomic E-state index is 13.1. The monoisotopic (exact) mass is 555 g/mol. The van der Waals surface area contributed by atoms with E-state index < -0.39 is 17.6 Å². The van der Waals surface area contributed by atoms with Gasteiger partial charge in [-0.25, -0.2) is 0 Å². The van der Waals surface area contributed by atoms with E-state index in [-0.39, 0.29) is 5.91 Å². The summed E-state index contributed by atoms with van der Waals surface area (Å²) in [5.74, 6) is -0.746. The molecule has 0 saturated heterocycles. The average molecular weight is 556 g/mol. The highest BCUT2D eigenvalue weighted by atomic mass is 79.9. The van der Waals surface area contributed by atoms with Crippen molar-refractivity contribution in [1.29, 1.82) is 0 Å². The van der Waals surface area contributed by atoms with E-state index in [2.05, 4.69) is 26.6 Å². The highest BCUT2D eigenvalue weighted by Gasteiger charge is 2.30. The van der Waals surface area contributed by atoms with Crippen molar-refractivity contribution in [3.63, 3.8) is 0 Å². The zero-order valence-corrected chi connectivity index (χ0v) is 20.7. The molecule has 0 unspecified atom stereocenters. The van der Waals surface area contributed by atoms with Gasteiger partial charge in [-0.3, -0.25) is 9.59 Å². The first-order valence-electron chi connectivity index (χ1n) is 10.9. The van der Waals surface area contributed by atoms with Crippen LogP contribution < -0.4 is 10.6 Å². The van der Waals surface area contributed by atoms with Crippen LogP contribution in [-0.4, -0.2) is 16.4 Å². The van der Waals surface area contributed by atoms with E-state index in [4.69, 9.17) is 0 Å². The largest absolute Gasteiger partial charge is 0.416 e. The Balaban J connectivity index is 1.48. The zero-order chi connectivity index (χ0) is 25.9. The van der Waals surface area contributed by atoms with Crippen molar-refractivity contribution in [2.24, 2.45) is 7.05 Å². The van der Waals surface area contributed by atoms with Crippen LogP contribution in [0.25, 0.3) is 11.1 Å². The van der Waals surface area contributed by atoms with E-state index in [1.165, 1.54) is 12.1 Å². The number of benzene rings is 3. The molecule has 0 radical (unpaired) electrons. The lowest BCUT2D eigenvalue weighted by Crippen LogP contribution is -2.24. The van der Waals surface area contributed by atoms with Crippen LogP contribution in [0.4, 0.5) is 18.9 Å². The first kappa shape index (κ1) is 25.2. The number of aryl methyl sites for hydroxylation is 1. The smallest absolute Gasteiger partial charge is 0.347 e. The molecule has 3 aromatic carbocycles. The number of nitrogens with zero attached hydrogens (tertiary/aromatic N) is 1. The highest BCUT2D eigenvalue weighted by molar-refractivity contribution is 9.10. The fourth-order valence-corrected chi connectivity index (χ4v) is 3.97. The molecule has 0 spiro atoms. The Labute approximate surface area is 214 Å². The minimum Gasteiger partial charge on any atom is -0.347 e. The third-order valence-electron chi connectivity index (χ3n) is 5.56. The molecule has 0 aliphatic heterocycles. The average Bonchev–Trinajstić information content (AvgIpc) is 3.22. The van der Waals surface area contributed by atoms with E-state index in [9.17, 15) is 22.8 Å². The highest BCUT2D eigenvalue weighted by Crippen LogP contribution is 2.32. The summed E-state index contributed by atoms with van der Waals surface area (Å²) in [7, 11) is 1.69. The molecule has 5 nitrogen and oxygen atoms in total. The van der Waals surface area contributed by atoms with Crippen molar-refractivity contribution < 1.29 is 22.8 Å². The van der Waals surface area contributed by atoms with Gasteiger partial charge in [0.1, 0.15) is 5.69 Å². The van der Waals surface area contributed by atoms with E-state index in [1.54, 1.807) is 48.1 Å². The molecule has 0 fully saturated rings. The van der Waals surface area contributed by atoms with Gasteiger partial charge in [0.2, 0.25) is 0 Å². The number of alkyl halides is 3. The van der Waals surface area contributed by atoms with Gasteiger partial charge >= 0.3 is 6.18 Å². The van der Waals surface area contributed by atoms with Gasteiger partial charge < -0.3 is 15.2 Å². The predicted octanol–water partition coefficient (Wildman–Crippen LogP) is 6.66. The Hall–Kier alpha value is -3.85. The molecule has 0 aliphatic carbocycles. The van der Waals surface area contributed by atoms with Gasteiger partial charge in [0.15, 0.2) is 0 Å². The van der Waals surface area contributed by atoms with Gasteiger partial charge in [-0.15, -0.1) is 0 Å². The predicted molar refractivity (Wildman–Crippen MR) is 136 cm³/mol. The number of aromatic nitrogens is 1. The summed E-state index contributed by atoms with van der Waals surface area (Å²) in [4.78, 5) is 25.7. The lowest BCUT2D eigenvalue weighted by atomic mass is 9.98. The molecular weight excluding hydrogens is 535 g/mol. The number of hydrogen-bond acceptors (Lipinski definition) is 2. The van der Waals surface area contributed by atoms with Gasteiger partial charge in [-0.05, 0) is 53.1 Å². The van der Waals surface area contributed by atoms with Gasteiger partial charge in [0, 0.05) is 29.8 Å². The van der Waals surface area contributed by atoms with E-state index in [0.717, 1.165) is 22.2 Å². The number of nitrogens with one attached hydrogen (secondary N) is 2. The summed E-state index contributed by atoms with van der Waals surface area (Å²) in [6.07, 6.45) is -2.82. The van der Waals surface area contributed by atoms with Crippen LogP contribution in [0.1, 0.15) is 32.0 Å². The summed E-state index contributed by atoms with van der Waals surface area (Å²) in [5, 5.41) is 5.63. The van der Waals surface area contributed by atoms with Crippen LogP contribution in [-0.2, 0) is 19.8 Å². The van der Waals surface area contributed by atoms with Crippen LogP contribution in [0.15, 0.2) is 89.5 Å². The van der Waals surface area contributed by atoms with Gasteiger partial charge in [0.25, 0.3) is 11.8 Å². The lowest BCUT2D eigenvalue weighted by Gasteiger charge is -2.11. The summed E-state index contributed by atoms with van der Waals surface area (Å²) in [6.45, 7) is 0.347. The standard InChI is InChI=1S/C27H21BrF3N3O2/c1-34-16-21(14-24(34)26(36)32-15-17-6-12-20(28)13-7-17)33-25(35)23-5-3-2-4-22(23)18-8-10-19(11-9-18)27(29,30)31/h2-14,16H,15H2,1H3,(H,32,36)(H,33,35). The quantitative estimate of drug-likeness (QED) is 0.279. The van der Waals surface area contributed by atoms with E-state index in [1.807, 2.05) is 24.3 Å². The second-order valence-electron chi connectivity index (χ2n) is 8.11. The zero-order valence-electron chi connectivity index (χ0n) is 19.1. The first-order chi connectivity index (χ1) is 17.1. The van der Waals surface area contributed by atoms with Crippen LogP contribution >= 0.6 is 15.9 Å². The molecule has 1 heterocycles. The number of rotatable bonds is 6. The number of anilines is 1. The van der Waals surface area contributed by atoms with Crippen molar-refractivity contribution in [2.45, 2.75) is 12.7 Å². The maximum atomic E-state index is 13.1. The molecule has 0 saturated carbocycles. The Bertz CT molecular complexity index is 1400. The molecule has 36 heavy (non-hydrogen) atoms. The van der Waals surface area contributed by atoms with Crippen LogP contribution in [0.3, 0.4) is 0 Å². The first-order valence-corrected chi connectivity index (χ1v) is 11.7. The number of halogens is 4. The van der Waals surface area contributed by atoms with Gasteiger partial charge in [-0.2, -0.15) is 13.2 Å². The van der Waals surface area contributed by atoms with Crippen LogP contribution in [0, 0.1) is 0 Å². The molecule has 2 amide bonds. The molecule has 0 bridgehead atoms. The Kier molecular flexibility index (Phi) is 7.30. The number of amides is 2. The molecular formula is C27H21BrF3N3O2. The molecule has 0 atom stereocenters. The van der Waals surface area contributed by atoms with Crippen molar-refractivity contribution in [2.75, 3.05) is 5.32 Å². The van der Waals surface area contributed by atoms with Gasteiger partial charge in [-0.1, -0.05) is 58.4 Å². The molecule has 2 N–H and O–H groups in total. The van der Waals surface area contributed by atoms with Crippen molar-refractivity contribution in [3.05, 3.63) is 112 Å². The van der Waals surface area contributed by atoms with Crippen LogP contribution in [0.5, 0.6) is 0 Å². The molecule has 1 aromatic heterocycles. The number of hydrogen-bond donors (Lipinski definition) is 2. The SMILES string of the molecule is Cn1cc(NC(=O)c2ccccc2-c2ccc(C(F)(F)F)cc2)cc1C(=O)NCc1ccc(Br)cc1. The second kappa shape index (κ2) is 10.4. The van der Waals surface area contributed by atoms with Gasteiger partial charge in [0.05, 0.1) is 11.3 Å². The summed E-state index contributed by atoms with van der Waals surface area (Å²) in [6, 6.07) is 20.4. The van der Waals surface area contributed by atoms with Crippen LogP contribution in [0.2, 0.25) is 0 Å². The van der Waals surface area contributed by atoms with Crippen molar-refractivity contribution >= 4 is 33.4 Å². The van der Waals surface area contributed by atoms with Crippen molar-refractivity contribution in [1.82, 2.24) is 9.88 Å². The van der Waals surface area contributed by atoms with E-state index >= 15 is 0 Å². The molecule has 0 aliphatic rings. The normalized spacial score (nSPS) is 11.2. The minimum atomic E-state index is -4.44. The fourth-order valence-electron chi connectivity index (χ4n) is 3.70. The third-order valence-corrected chi connectivity index (χ3v) is 6.09. The van der Waals surface area contributed by atoms with Crippen molar-refractivity contribution in [3.8, 4) is 11.1 Å². The second-order valence-corrected chi connectivity index (χ2v) is 9.02. The molecule has 4 aromatic rings. The summed E-state index contributed by atoms with van der Waals surface area (Å²) < 4.78 is 41.3. The summed E-state index contributed by atoms with van der Waals surface area (Å²) >= 11 is 3.37. The lowest BCUT2D eigenvalue weighted by molar-refractivity contribution is -0.137. The number of carbonyl (C=O) groups is 2. The topological polar surface area (TPSA) is 63.1 Å². The fraction of sp³-hybridized carbons (Fsp3) is 0.111. The Morgan fingerprint density at radius 3 is 2.25 bits per heavy atom. The molecule has 4 rings (SSSR count). The Morgan fingerprint density at radius 1 is 0.917 bits per heavy atom. The molecule has 9 heteroatoms. The van der Waals surface area contributed by atoms with E-state index in [0.29, 0.717) is 34.6 Å². The maximum Gasteiger partial charge on any atom is 0.416 e. The molecule has 184 valence electrons. The number of carbonyl (C=O) groups excluding carboxylic acids is 2. The summed E-state index contributed by atoms with van der Waals surface area (Å²) in [5.41, 5.74) is 2.22. The third kappa shape index (κ3) is 5.85. The Morgan fingerprint density at radius 2 is 1.58 bits per heavy atom. The minimum absolute atomic E-state index is 0.294.